The molecular weight excluding hydrogens is 308 g/mol. The van der Waals surface area contributed by atoms with Crippen LogP contribution in [0.5, 0.6) is 0 Å². The lowest BCUT2D eigenvalue weighted by Gasteiger charge is -2.18. The zero-order valence-electron chi connectivity index (χ0n) is 12.1. The number of hydrogen-bond donors (Lipinski definition) is 2. The summed E-state index contributed by atoms with van der Waals surface area (Å²) < 4.78 is 0. The van der Waals surface area contributed by atoms with E-state index < -0.39 is 23.8 Å². The molecule has 1 aromatic carbocycles. The van der Waals surface area contributed by atoms with Gasteiger partial charge in [-0.25, -0.2) is 4.79 Å². The van der Waals surface area contributed by atoms with Crippen molar-refractivity contribution < 1.29 is 19.5 Å². The standard InChI is InChI=1S/C15H17ClN2O4/c1-2-18-8-10(7-12(18)19)14(20)17-13(15(21)22)9-3-5-11(16)6-4-9/h3-6,10,13H,2,7-8H2,1H3,(H,17,20)(H,21,22). The van der Waals surface area contributed by atoms with Crippen LogP contribution in [-0.2, 0) is 14.4 Å². The number of carbonyl (C=O) groups is 3. The van der Waals surface area contributed by atoms with Gasteiger partial charge < -0.3 is 15.3 Å². The predicted octanol–water partition coefficient (Wildman–Crippen LogP) is 1.45. The molecule has 1 saturated heterocycles. The van der Waals surface area contributed by atoms with Gasteiger partial charge >= 0.3 is 5.97 Å². The summed E-state index contributed by atoms with van der Waals surface area (Å²) >= 11 is 5.78. The zero-order valence-corrected chi connectivity index (χ0v) is 12.8. The smallest absolute Gasteiger partial charge is 0.330 e. The molecule has 1 heterocycles. The third-order valence-corrected chi connectivity index (χ3v) is 3.96. The summed E-state index contributed by atoms with van der Waals surface area (Å²) in [5.41, 5.74) is 0.432. The van der Waals surface area contributed by atoms with Gasteiger partial charge in [0.15, 0.2) is 6.04 Å². The van der Waals surface area contributed by atoms with Crippen molar-refractivity contribution in [2.24, 2.45) is 5.92 Å². The third kappa shape index (κ3) is 3.57. The van der Waals surface area contributed by atoms with Crippen molar-refractivity contribution in [1.29, 1.82) is 0 Å². The van der Waals surface area contributed by atoms with Crippen molar-refractivity contribution in [2.45, 2.75) is 19.4 Å². The lowest BCUT2D eigenvalue weighted by atomic mass is 10.0. The number of carboxylic acids is 1. The van der Waals surface area contributed by atoms with E-state index in [4.69, 9.17) is 11.6 Å². The van der Waals surface area contributed by atoms with E-state index in [-0.39, 0.29) is 12.3 Å². The van der Waals surface area contributed by atoms with Gasteiger partial charge in [0.1, 0.15) is 0 Å². The molecule has 7 heteroatoms. The summed E-state index contributed by atoms with van der Waals surface area (Å²) in [5, 5.41) is 12.3. The molecule has 2 N–H and O–H groups in total. The maximum atomic E-state index is 12.2. The van der Waals surface area contributed by atoms with Crippen LogP contribution in [0.1, 0.15) is 24.9 Å². The molecule has 1 aromatic rings. The Kier molecular flexibility index (Phi) is 5.03. The van der Waals surface area contributed by atoms with Crippen molar-refractivity contribution in [3.05, 3.63) is 34.9 Å². The minimum atomic E-state index is -1.16. The van der Waals surface area contributed by atoms with E-state index in [1.54, 1.807) is 29.2 Å². The van der Waals surface area contributed by atoms with Crippen LogP contribution in [-0.4, -0.2) is 40.9 Å². The second-order valence-corrected chi connectivity index (χ2v) is 5.60. The predicted molar refractivity (Wildman–Crippen MR) is 80.3 cm³/mol. The first-order chi connectivity index (χ1) is 10.4. The average Bonchev–Trinajstić information content (AvgIpc) is 2.86. The number of hydrogen-bond acceptors (Lipinski definition) is 3. The molecule has 2 amide bonds. The Bertz CT molecular complexity index is 588. The third-order valence-electron chi connectivity index (χ3n) is 3.70. The molecule has 0 radical (unpaired) electrons. The molecule has 2 unspecified atom stereocenters. The van der Waals surface area contributed by atoms with Crippen LogP contribution in [0.4, 0.5) is 0 Å². The van der Waals surface area contributed by atoms with E-state index in [2.05, 4.69) is 5.32 Å². The Morgan fingerprint density at radius 3 is 2.55 bits per heavy atom. The lowest BCUT2D eigenvalue weighted by molar-refractivity contribution is -0.142. The number of halogens is 1. The molecule has 2 atom stereocenters. The fourth-order valence-electron chi connectivity index (χ4n) is 2.46. The maximum Gasteiger partial charge on any atom is 0.330 e. The number of nitrogens with zero attached hydrogens (tertiary/aromatic N) is 1. The molecular formula is C15H17ClN2O4. The van der Waals surface area contributed by atoms with E-state index in [0.717, 1.165) is 0 Å². The Labute approximate surface area is 133 Å². The van der Waals surface area contributed by atoms with Crippen LogP contribution in [0.3, 0.4) is 0 Å². The second-order valence-electron chi connectivity index (χ2n) is 5.16. The lowest BCUT2D eigenvalue weighted by Crippen LogP contribution is -2.38. The van der Waals surface area contributed by atoms with Crippen LogP contribution in [0, 0.1) is 5.92 Å². The molecule has 0 saturated carbocycles. The molecule has 118 valence electrons. The first-order valence-electron chi connectivity index (χ1n) is 6.98. The number of nitrogens with one attached hydrogen (secondary N) is 1. The summed E-state index contributed by atoms with van der Waals surface area (Å²) in [6.07, 6.45) is 0.118. The van der Waals surface area contributed by atoms with Gasteiger partial charge in [-0.15, -0.1) is 0 Å². The summed E-state index contributed by atoms with van der Waals surface area (Å²) in [5.74, 6) is -2.18. The first kappa shape index (κ1) is 16.3. The molecule has 0 aliphatic carbocycles. The van der Waals surface area contributed by atoms with E-state index in [1.807, 2.05) is 6.92 Å². The van der Waals surface area contributed by atoms with Gasteiger partial charge in [-0.3, -0.25) is 9.59 Å². The Hall–Kier alpha value is -2.08. The van der Waals surface area contributed by atoms with Gasteiger partial charge in [-0.05, 0) is 24.6 Å². The Morgan fingerprint density at radius 1 is 1.41 bits per heavy atom. The van der Waals surface area contributed by atoms with Crippen molar-refractivity contribution in [3.8, 4) is 0 Å². The van der Waals surface area contributed by atoms with Gasteiger partial charge in [-0.2, -0.15) is 0 Å². The summed E-state index contributed by atoms with van der Waals surface area (Å²) in [6.45, 7) is 2.71. The number of likely N-dealkylation sites (tertiary alicyclic amines) is 1. The largest absolute Gasteiger partial charge is 0.479 e. The molecule has 0 aromatic heterocycles. The number of amides is 2. The molecule has 2 rings (SSSR count). The van der Waals surface area contributed by atoms with Crippen molar-refractivity contribution >= 4 is 29.4 Å². The molecule has 22 heavy (non-hydrogen) atoms. The minimum absolute atomic E-state index is 0.0824. The van der Waals surface area contributed by atoms with Gasteiger partial charge in [0.05, 0.1) is 5.92 Å². The molecule has 1 fully saturated rings. The number of carbonyl (C=O) groups excluding carboxylic acids is 2. The number of carboxylic acid groups (broad SMARTS) is 1. The SMILES string of the molecule is CCN1CC(C(=O)NC(C(=O)O)c2ccc(Cl)cc2)CC1=O. The van der Waals surface area contributed by atoms with Crippen molar-refractivity contribution in [3.63, 3.8) is 0 Å². The molecule has 0 bridgehead atoms. The minimum Gasteiger partial charge on any atom is -0.479 e. The normalized spacial score (nSPS) is 19.1. The highest BCUT2D eigenvalue weighted by atomic mass is 35.5. The van der Waals surface area contributed by atoms with Crippen molar-refractivity contribution in [2.75, 3.05) is 13.1 Å². The van der Waals surface area contributed by atoms with E-state index in [9.17, 15) is 19.5 Å². The number of rotatable bonds is 5. The average molecular weight is 325 g/mol. The number of aliphatic carboxylic acids is 1. The van der Waals surface area contributed by atoms with Crippen LogP contribution < -0.4 is 5.32 Å². The topological polar surface area (TPSA) is 86.7 Å². The number of benzene rings is 1. The van der Waals surface area contributed by atoms with Crippen LogP contribution >= 0.6 is 11.6 Å². The van der Waals surface area contributed by atoms with E-state index in [0.29, 0.717) is 23.7 Å². The molecule has 6 nitrogen and oxygen atoms in total. The fraction of sp³-hybridized carbons (Fsp3) is 0.400. The second kappa shape index (κ2) is 6.79. The zero-order chi connectivity index (χ0) is 16.3. The molecule has 1 aliphatic heterocycles. The summed E-state index contributed by atoms with van der Waals surface area (Å²) in [7, 11) is 0. The first-order valence-corrected chi connectivity index (χ1v) is 7.36. The Balaban J connectivity index is 2.08. The van der Waals surface area contributed by atoms with Crippen LogP contribution in [0.25, 0.3) is 0 Å². The monoisotopic (exact) mass is 324 g/mol. The van der Waals surface area contributed by atoms with Gasteiger partial charge in [-0.1, -0.05) is 23.7 Å². The Morgan fingerprint density at radius 2 is 2.05 bits per heavy atom. The van der Waals surface area contributed by atoms with E-state index in [1.165, 1.54) is 0 Å². The molecule has 1 aliphatic rings. The quantitative estimate of drug-likeness (QED) is 0.858. The van der Waals surface area contributed by atoms with Gasteiger partial charge in [0.2, 0.25) is 11.8 Å². The highest BCUT2D eigenvalue weighted by molar-refractivity contribution is 6.30. The fourth-order valence-corrected chi connectivity index (χ4v) is 2.58. The van der Waals surface area contributed by atoms with Crippen LogP contribution in [0.2, 0.25) is 5.02 Å². The van der Waals surface area contributed by atoms with Gasteiger partial charge in [0.25, 0.3) is 0 Å². The van der Waals surface area contributed by atoms with Crippen molar-refractivity contribution in [1.82, 2.24) is 10.2 Å². The van der Waals surface area contributed by atoms with E-state index >= 15 is 0 Å². The highest BCUT2D eigenvalue weighted by Gasteiger charge is 2.35. The van der Waals surface area contributed by atoms with Crippen LogP contribution in [0.15, 0.2) is 24.3 Å². The summed E-state index contributed by atoms with van der Waals surface area (Å²) in [4.78, 5) is 36.9. The summed E-state index contributed by atoms with van der Waals surface area (Å²) in [6, 6.07) is 5.09. The van der Waals surface area contributed by atoms with Gasteiger partial charge in [0, 0.05) is 24.5 Å². The maximum absolute atomic E-state index is 12.2. The molecule has 0 spiro atoms. The highest BCUT2D eigenvalue weighted by Crippen LogP contribution is 2.21.